The molecule has 0 saturated carbocycles. The third-order valence-electron chi connectivity index (χ3n) is 6.58. The van der Waals surface area contributed by atoms with Gasteiger partial charge in [0, 0.05) is 31.0 Å². The average Bonchev–Trinajstić information content (AvgIpc) is 3.59. The first-order valence-corrected chi connectivity index (χ1v) is 12.2. The molecular formula is C28H31N3O3. The number of anilines is 1. The molecule has 34 heavy (non-hydrogen) atoms. The van der Waals surface area contributed by atoms with Crippen molar-refractivity contribution in [3.05, 3.63) is 66.0 Å². The number of ketones is 1. The summed E-state index contributed by atoms with van der Waals surface area (Å²) in [5.41, 5.74) is 10.6. The third-order valence-corrected chi connectivity index (χ3v) is 6.58. The number of nitrogens with zero attached hydrogens (tertiary/aromatic N) is 2. The van der Waals surface area contributed by atoms with Gasteiger partial charge < -0.3 is 19.8 Å². The van der Waals surface area contributed by atoms with E-state index < -0.39 is 0 Å². The highest BCUT2D eigenvalue weighted by molar-refractivity contribution is 5.92. The number of ether oxygens (including phenoxy) is 2. The third kappa shape index (κ3) is 5.01. The summed E-state index contributed by atoms with van der Waals surface area (Å²) in [7, 11) is 0. The van der Waals surface area contributed by atoms with Gasteiger partial charge in [-0.25, -0.2) is 4.98 Å². The molecule has 2 aliphatic rings. The quantitative estimate of drug-likeness (QED) is 0.366. The number of aromatic nitrogens is 2. The van der Waals surface area contributed by atoms with E-state index in [1.54, 1.807) is 0 Å². The standard InChI is InChI=1S/C28H31N3O3/c29-28-23-14-16-31(25(23)18-24(30-28)21-8-3-4-9-21)15-5-1-2-10-22(32)11-6-7-20-12-13-26-27(17-20)34-19-33-26/h3,8-9,12-14,16-18H,1-2,4-7,10-11,15,19H2,(H2,29,30). The molecule has 0 radical (unpaired) electrons. The Kier molecular flexibility index (Phi) is 6.65. The summed E-state index contributed by atoms with van der Waals surface area (Å²) in [5.74, 6) is 2.55. The Hall–Kier alpha value is -3.54. The summed E-state index contributed by atoms with van der Waals surface area (Å²) in [6.45, 7) is 1.21. The van der Waals surface area contributed by atoms with Gasteiger partial charge >= 0.3 is 0 Å². The Morgan fingerprint density at radius 1 is 1.03 bits per heavy atom. The molecule has 0 fully saturated rings. The Morgan fingerprint density at radius 3 is 2.79 bits per heavy atom. The molecule has 1 aliphatic heterocycles. The fraction of sp³-hybridized carbons (Fsp3) is 0.357. The molecular weight excluding hydrogens is 426 g/mol. The molecule has 0 bridgehead atoms. The normalized spacial score (nSPS) is 14.2. The zero-order valence-corrected chi connectivity index (χ0v) is 19.5. The predicted octanol–water partition coefficient (Wildman–Crippen LogP) is 5.84. The topological polar surface area (TPSA) is 79.4 Å². The van der Waals surface area contributed by atoms with Gasteiger partial charge in [-0.3, -0.25) is 4.79 Å². The van der Waals surface area contributed by atoms with Crippen LogP contribution in [0.1, 0.15) is 56.2 Å². The number of hydrogen-bond acceptors (Lipinski definition) is 5. The van der Waals surface area contributed by atoms with Crippen molar-refractivity contribution in [1.82, 2.24) is 9.55 Å². The fourth-order valence-electron chi connectivity index (χ4n) is 4.70. The highest BCUT2D eigenvalue weighted by Crippen LogP contribution is 2.33. The van der Waals surface area contributed by atoms with Crippen LogP contribution >= 0.6 is 0 Å². The second-order valence-electron chi connectivity index (χ2n) is 9.02. The summed E-state index contributed by atoms with van der Waals surface area (Å²) in [4.78, 5) is 16.9. The molecule has 1 aromatic carbocycles. The van der Waals surface area contributed by atoms with Gasteiger partial charge in [-0.1, -0.05) is 30.7 Å². The Bertz CT molecular complexity index is 1260. The Labute approximate surface area is 200 Å². The molecule has 6 heteroatoms. The van der Waals surface area contributed by atoms with E-state index in [0.717, 1.165) is 78.7 Å². The highest BCUT2D eigenvalue weighted by atomic mass is 16.7. The molecule has 6 nitrogen and oxygen atoms in total. The predicted molar refractivity (Wildman–Crippen MR) is 135 cm³/mol. The molecule has 2 N–H and O–H groups in total. The SMILES string of the molecule is Nc1nc(C2=CCC=C2)cc2c1ccn2CCCCCC(=O)CCCc1ccc2c(c1)OCO2. The maximum absolute atomic E-state index is 12.3. The van der Waals surface area contributed by atoms with Gasteiger partial charge in [0.2, 0.25) is 6.79 Å². The fourth-order valence-corrected chi connectivity index (χ4v) is 4.70. The molecule has 2 aromatic heterocycles. The summed E-state index contributed by atoms with van der Waals surface area (Å²) in [6.07, 6.45) is 15.5. The lowest BCUT2D eigenvalue weighted by molar-refractivity contribution is -0.119. The number of pyridine rings is 1. The minimum Gasteiger partial charge on any atom is -0.454 e. The Balaban J connectivity index is 1.04. The van der Waals surface area contributed by atoms with Gasteiger partial charge in [0.15, 0.2) is 11.5 Å². The van der Waals surface area contributed by atoms with Crippen molar-refractivity contribution >= 4 is 28.1 Å². The molecule has 0 amide bonds. The lowest BCUT2D eigenvalue weighted by Gasteiger charge is -2.08. The number of rotatable bonds is 11. The van der Waals surface area contributed by atoms with Gasteiger partial charge in [-0.05, 0) is 67.5 Å². The van der Waals surface area contributed by atoms with E-state index in [-0.39, 0.29) is 0 Å². The van der Waals surface area contributed by atoms with Crippen LogP contribution in [0.3, 0.4) is 0 Å². The lowest BCUT2D eigenvalue weighted by atomic mass is 10.0. The van der Waals surface area contributed by atoms with Crippen molar-refractivity contribution in [3.8, 4) is 11.5 Å². The number of unbranched alkanes of at least 4 members (excludes halogenated alkanes) is 2. The largest absolute Gasteiger partial charge is 0.454 e. The second kappa shape index (κ2) is 10.2. The molecule has 3 heterocycles. The number of allylic oxidation sites excluding steroid dienone is 4. The molecule has 0 atom stereocenters. The number of aryl methyl sites for hydroxylation is 2. The number of nitrogen functional groups attached to an aromatic ring is 1. The van der Waals surface area contributed by atoms with Gasteiger partial charge in [-0.2, -0.15) is 0 Å². The monoisotopic (exact) mass is 457 g/mol. The number of nitrogens with two attached hydrogens (primary N) is 1. The maximum Gasteiger partial charge on any atom is 0.231 e. The molecule has 3 aromatic rings. The number of carbonyl (C=O) groups excluding carboxylic acids is 1. The summed E-state index contributed by atoms with van der Waals surface area (Å²) in [6, 6.07) is 10.2. The van der Waals surface area contributed by atoms with E-state index >= 15 is 0 Å². The van der Waals surface area contributed by atoms with E-state index in [1.807, 2.05) is 18.2 Å². The minimum absolute atomic E-state index is 0.292. The Morgan fingerprint density at radius 2 is 1.91 bits per heavy atom. The van der Waals surface area contributed by atoms with E-state index in [0.29, 0.717) is 31.2 Å². The van der Waals surface area contributed by atoms with Crippen molar-refractivity contribution in [2.45, 2.75) is 57.9 Å². The van der Waals surface area contributed by atoms with Crippen LogP contribution in [0.2, 0.25) is 0 Å². The summed E-state index contributed by atoms with van der Waals surface area (Å²) >= 11 is 0. The van der Waals surface area contributed by atoms with E-state index in [9.17, 15) is 4.79 Å². The lowest BCUT2D eigenvalue weighted by Crippen LogP contribution is -2.01. The highest BCUT2D eigenvalue weighted by Gasteiger charge is 2.14. The van der Waals surface area contributed by atoms with Crippen LogP contribution in [0, 0.1) is 0 Å². The van der Waals surface area contributed by atoms with Gasteiger partial charge in [0.05, 0.1) is 11.2 Å². The minimum atomic E-state index is 0.292. The van der Waals surface area contributed by atoms with E-state index in [1.165, 1.54) is 5.56 Å². The first-order valence-electron chi connectivity index (χ1n) is 12.2. The molecule has 0 spiro atoms. The average molecular weight is 458 g/mol. The van der Waals surface area contributed by atoms with Crippen molar-refractivity contribution in [1.29, 1.82) is 0 Å². The van der Waals surface area contributed by atoms with Crippen LogP contribution in [-0.4, -0.2) is 22.1 Å². The van der Waals surface area contributed by atoms with Gasteiger partial charge in [0.25, 0.3) is 0 Å². The number of benzene rings is 1. The molecule has 0 unspecified atom stereocenters. The van der Waals surface area contributed by atoms with Crippen LogP contribution in [0.25, 0.3) is 16.5 Å². The number of carbonyl (C=O) groups is 1. The van der Waals surface area contributed by atoms with Crippen molar-refractivity contribution in [3.63, 3.8) is 0 Å². The van der Waals surface area contributed by atoms with E-state index in [4.69, 9.17) is 15.2 Å². The second-order valence-corrected chi connectivity index (χ2v) is 9.02. The number of fused-ring (bicyclic) bond motifs is 2. The van der Waals surface area contributed by atoms with Crippen LogP contribution in [0.15, 0.2) is 54.8 Å². The van der Waals surface area contributed by atoms with Crippen molar-refractivity contribution in [2.75, 3.05) is 12.5 Å². The first-order chi connectivity index (χ1) is 16.7. The van der Waals surface area contributed by atoms with Crippen LogP contribution in [0.4, 0.5) is 5.82 Å². The molecule has 0 saturated heterocycles. The zero-order valence-electron chi connectivity index (χ0n) is 19.5. The zero-order chi connectivity index (χ0) is 23.3. The molecule has 5 rings (SSSR count). The van der Waals surface area contributed by atoms with E-state index in [2.05, 4.69) is 46.1 Å². The smallest absolute Gasteiger partial charge is 0.231 e. The van der Waals surface area contributed by atoms with Gasteiger partial charge in [0.1, 0.15) is 11.6 Å². The van der Waals surface area contributed by atoms with Crippen LogP contribution in [0.5, 0.6) is 11.5 Å². The summed E-state index contributed by atoms with van der Waals surface area (Å²) in [5, 5.41) is 1.00. The van der Waals surface area contributed by atoms with Crippen LogP contribution in [-0.2, 0) is 17.8 Å². The number of Topliss-reactive ketones (excluding diaryl/α,β-unsaturated/α-hetero) is 1. The summed E-state index contributed by atoms with van der Waals surface area (Å²) < 4.78 is 13.0. The van der Waals surface area contributed by atoms with Crippen molar-refractivity contribution in [2.24, 2.45) is 0 Å². The number of hydrogen-bond donors (Lipinski definition) is 1. The molecule has 176 valence electrons. The maximum atomic E-state index is 12.3. The van der Waals surface area contributed by atoms with Crippen LogP contribution < -0.4 is 15.2 Å². The van der Waals surface area contributed by atoms with Gasteiger partial charge in [-0.15, -0.1) is 0 Å². The van der Waals surface area contributed by atoms with Crippen molar-refractivity contribution < 1.29 is 14.3 Å². The molecule has 1 aliphatic carbocycles. The first kappa shape index (κ1) is 22.3.